The molecule has 5 heteroatoms. The van der Waals surface area contributed by atoms with Crippen molar-refractivity contribution in [2.75, 3.05) is 13.1 Å². The van der Waals surface area contributed by atoms with E-state index in [1.165, 1.54) is 77.0 Å². The first-order valence-corrected chi connectivity index (χ1v) is 18.4. The molecule has 1 N–H and O–H groups in total. The third-order valence-corrected chi connectivity index (χ3v) is 7.86. The molecule has 0 heterocycles. The minimum atomic E-state index is -3.61. The molecule has 0 saturated carbocycles. The topological polar surface area (TPSA) is 72.8 Å². The number of hydrogen-bond donors (Lipinski definition) is 1. The van der Waals surface area contributed by atoms with E-state index in [0.717, 1.165) is 77.0 Å². The summed E-state index contributed by atoms with van der Waals surface area (Å²) in [5.74, 6) is -2.00. The molecule has 1 unspecified atom stereocenters. The van der Waals surface area contributed by atoms with Crippen LogP contribution in [-0.2, 0) is 19.1 Å². The molecular weight excluding hydrogens is 548 g/mol. The van der Waals surface area contributed by atoms with E-state index in [1.807, 2.05) is 0 Å². The molecule has 44 heavy (non-hydrogen) atoms. The number of hydrogen-bond acceptors (Lipinski definition) is 5. The van der Waals surface area contributed by atoms with Gasteiger partial charge in [0, 0.05) is 12.8 Å². The van der Waals surface area contributed by atoms with Crippen LogP contribution < -0.4 is 0 Å². The molecule has 1 atom stereocenters. The molecule has 5 nitrogen and oxygen atoms in total. The molecule has 0 saturated heterocycles. The molecule has 0 bridgehead atoms. The van der Waals surface area contributed by atoms with Gasteiger partial charge in [0.15, 0.2) is 6.08 Å². The Balaban J connectivity index is 4.23. The van der Waals surface area contributed by atoms with Crippen LogP contribution in [0.15, 0.2) is 24.3 Å². The fourth-order valence-corrected chi connectivity index (χ4v) is 5.07. The lowest BCUT2D eigenvalue weighted by Gasteiger charge is -2.15. The summed E-state index contributed by atoms with van der Waals surface area (Å²) in [4.78, 5) is 24.8. The first-order valence-electron chi connectivity index (χ1n) is 20.9. The van der Waals surface area contributed by atoms with Crippen LogP contribution in [0, 0.1) is 0 Å². The molecule has 0 aromatic heterocycles. The van der Waals surface area contributed by atoms with E-state index in [4.69, 9.17) is 16.3 Å². The number of unbranched alkanes of at least 4 members (excludes halogenated alkanes) is 22. The largest absolute Gasteiger partial charge is 0.462 e. The molecule has 0 aromatic carbocycles. The highest BCUT2D eigenvalue weighted by atomic mass is 16.6. The Kier molecular flexibility index (Phi) is 27.5. The highest BCUT2D eigenvalue weighted by Gasteiger charge is 2.16. The van der Waals surface area contributed by atoms with Gasteiger partial charge >= 0.3 is 11.9 Å². The van der Waals surface area contributed by atoms with Crippen molar-refractivity contribution in [3.05, 3.63) is 24.3 Å². The number of carbonyl (C=O) groups excluding carboxylic acids is 2. The molecule has 0 radical (unpaired) electrons. The summed E-state index contributed by atoms with van der Waals surface area (Å²) < 4.78 is 49.3. The van der Waals surface area contributed by atoms with Gasteiger partial charge in [0.25, 0.3) is 0 Å². The second-order valence-corrected chi connectivity index (χ2v) is 12.2. The van der Waals surface area contributed by atoms with Gasteiger partial charge < -0.3 is 14.6 Å². The lowest BCUT2D eigenvalue weighted by atomic mass is 10.1. The lowest BCUT2D eigenvalue weighted by molar-refractivity contribution is -0.161. The van der Waals surface area contributed by atoms with E-state index >= 15 is 0 Å². The van der Waals surface area contributed by atoms with E-state index in [9.17, 15) is 14.7 Å². The van der Waals surface area contributed by atoms with Gasteiger partial charge in [0.05, 0.1) is 13.4 Å². The van der Waals surface area contributed by atoms with Crippen molar-refractivity contribution >= 4 is 11.9 Å². The van der Waals surface area contributed by atoms with Crippen molar-refractivity contribution < 1.29 is 31.0 Å². The van der Waals surface area contributed by atoms with Gasteiger partial charge in [-0.05, 0) is 64.2 Å². The van der Waals surface area contributed by atoms with Crippen LogP contribution in [0.5, 0.6) is 0 Å². The molecule has 0 spiro atoms. The van der Waals surface area contributed by atoms with Crippen LogP contribution in [0.2, 0.25) is 0 Å². The first-order chi connectivity index (χ1) is 23.4. The van der Waals surface area contributed by atoms with Gasteiger partial charge in [-0.25, -0.2) is 0 Å². The number of esters is 2. The Morgan fingerprint density at radius 2 is 0.909 bits per heavy atom. The summed E-state index contributed by atoms with van der Waals surface area (Å²) in [6.07, 6.45) is 33.5. The highest BCUT2D eigenvalue weighted by molar-refractivity contribution is 5.70. The van der Waals surface area contributed by atoms with Crippen LogP contribution in [0.3, 0.4) is 0 Å². The SMILES string of the molecule is [2H]C([2H])(O)C([2H])(OC(=O)CCCCCCC/C=C\CCCCCCCC)C([2H])([2H])OC(=O)CCCCCCC/C=C\CCCCCCCC. The Morgan fingerprint density at radius 3 is 1.30 bits per heavy atom. The Bertz CT molecular complexity index is 874. The average molecular weight is 626 g/mol. The van der Waals surface area contributed by atoms with Gasteiger partial charge in [0.2, 0.25) is 0 Å². The summed E-state index contributed by atoms with van der Waals surface area (Å²) in [5.41, 5.74) is 0. The van der Waals surface area contributed by atoms with E-state index in [1.54, 1.807) is 0 Å². The monoisotopic (exact) mass is 626 g/mol. The third kappa shape index (κ3) is 33.3. The van der Waals surface area contributed by atoms with Gasteiger partial charge in [-0.3, -0.25) is 9.59 Å². The number of allylic oxidation sites excluding steroid dienone is 4. The zero-order valence-corrected chi connectivity index (χ0v) is 28.7. The third-order valence-electron chi connectivity index (χ3n) is 7.86. The minimum Gasteiger partial charge on any atom is -0.462 e. The maximum absolute atomic E-state index is 12.5. The summed E-state index contributed by atoms with van der Waals surface area (Å²) in [7, 11) is 0. The van der Waals surface area contributed by atoms with Gasteiger partial charge in [-0.2, -0.15) is 0 Å². The standard InChI is InChI=1S/C39H72O5/c1-3-5-7-9-11-13-15-17-19-21-23-25-27-29-31-33-38(41)43-36-37(35-40)44-39(42)34-32-30-28-26-24-22-20-18-16-14-12-10-8-6-4-2/h17-20,37,40H,3-16,21-36H2,1-2H3/b19-17-,20-18-/i35D2,36D2,37D. The fourth-order valence-electron chi connectivity index (χ4n) is 5.07. The summed E-state index contributed by atoms with van der Waals surface area (Å²) in [6.45, 7) is -2.56. The van der Waals surface area contributed by atoms with E-state index in [2.05, 4.69) is 38.2 Å². The van der Waals surface area contributed by atoms with Crippen LogP contribution in [0.4, 0.5) is 0 Å². The van der Waals surface area contributed by atoms with E-state index in [0.29, 0.717) is 12.8 Å². The average Bonchev–Trinajstić information content (AvgIpc) is 3.03. The number of carbonyl (C=O) groups is 2. The Hall–Kier alpha value is -1.62. The zero-order valence-electron chi connectivity index (χ0n) is 33.7. The number of ether oxygens (including phenoxy) is 2. The number of rotatable bonds is 34. The second kappa shape index (κ2) is 35.9. The van der Waals surface area contributed by atoms with Crippen LogP contribution in [0.1, 0.15) is 200 Å². The zero-order chi connectivity index (χ0) is 36.7. The molecule has 0 amide bonds. The first kappa shape index (κ1) is 33.7. The van der Waals surface area contributed by atoms with Gasteiger partial charge in [-0.1, -0.05) is 141 Å². The molecule has 0 fully saturated rings. The second-order valence-electron chi connectivity index (χ2n) is 12.2. The van der Waals surface area contributed by atoms with Gasteiger partial charge in [-0.15, -0.1) is 0 Å². The molecule has 0 rings (SSSR count). The van der Waals surface area contributed by atoms with Crippen LogP contribution in [-0.4, -0.2) is 36.2 Å². The normalized spacial score (nSPS) is 15.4. The smallest absolute Gasteiger partial charge is 0.306 e. The highest BCUT2D eigenvalue weighted by Crippen LogP contribution is 2.12. The van der Waals surface area contributed by atoms with E-state index in [-0.39, 0.29) is 12.8 Å². The fraction of sp³-hybridized carbons (Fsp3) is 0.846. The van der Waals surface area contributed by atoms with Crippen LogP contribution >= 0.6 is 0 Å². The minimum absolute atomic E-state index is 0.120. The van der Waals surface area contributed by atoms with Crippen molar-refractivity contribution in [1.82, 2.24) is 0 Å². The molecule has 258 valence electrons. The predicted molar refractivity (Wildman–Crippen MR) is 187 cm³/mol. The summed E-state index contributed by atoms with van der Waals surface area (Å²) in [5, 5.41) is 9.98. The summed E-state index contributed by atoms with van der Waals surface area (Å²) >= 11 is 0. The Labute approximate surface area is 280 Å². The lowest BCUT2D eigenvalue weighted by Crippen LogP contribution is -2.28. The number of aliphatic hydroxyl groups is 1. The van der Waals surface area contributed by atoms with Crippen LogP contribution in [0.25, 0.3) is 0 Å². The van der Waals surface area contributed by atoms with Crippen molar-refractivity contribution in [1.29, 1.82) is 0 Å². The van der Waals surface area contributed by atoms with Crippen molar-refractivity contribution in [2.45, 2.75) is 200 Å². The molecule has 0 aromatic rings. The van der Waals surface area contributed by atoms with Crippen molar-refractivity contribution in [3.63, 3.8) is 0 Å². The molecule has 0 aliphatic carbocycles. The molecular formula is C39H72O5. The Morgan fingerprint density at radius 1 is 0.568 bits per heavy atom. The quantitative estimate of drug-likeness (QED) is 0.0437. The maximum atomic E-state index is 12.5. The van der Waals surface area contributed by atoms with Crippen molar-refractivity contribution in [2.24, 2.45) is 0 Å². The molecule has 0 aliphatic rings. The van der Waals surface area contributed by atoms with Gasteiger partial charge in [0.1, 0.15) is 6.56 Å². The van der Waals surface area contributed by atoms with E-state index < -0.39 is 31.1 Å². The maximum Gasteiger partial charge on any atom is 0.306 e. The van der Waals surface area contributed by atoms with Crippen molar-refractivity contribution in [3.8, 4) is 0 Å². The predicted octanol–water partition coefficient (Wildman–Crippen LogP) is 11.5. The molecule has 0 aliphatic heterocycles. The summed E-state index contributed by atoms with van der Waals surface area (Å²) in [6, 6.07) is 0.